The van der Waals surface area contributed by atoms with E-state index in [0.717, 1.165) is 41.7 Å². The Bertz CT molecular complexity index is 1600. The van der Waals surface area contributed by atoms with Gasteiger partial charge in [0.1, 0.15) is 16.9 Å². The van der Waals surface area contributed by atoms with Crippen LogP contribution in [0.25, 0.3) is 22.4 Å². The first kappa shape index (κ1) is 22.3. The molecule has 3 heterocycles. The van der Waals surface area contributed by atoms with E-state index < -0.39 is 17.4 Å². The van der Waals surface area contributed by atoms with E-state index in [2.05, 4.69) is 46.4 Å². The molecule has 0 unspecified atom stereocenters. The van der Waals surface area contributed by atoms with E-state index in [-0.39, 0.29) is 16.9 Å². The van der Waals surface area contributed by atoms with E-state index in [9.17, 15) is 14.4 Å². The van der Waals surface area contributed by atoms with Gasteiger partial charge in [-0.15, -0.1) is 10.2 Å². The van der Waals surface area contributed by atoms with Gasteiger partial charge in [-0.3, -0.25) is 24.3 Å². The normalized spacial score (nSPS) is 12.8. The standard InChI is InChI=1S/C25H25N7O3/c1-5-30(6-2)15-7-8-19(13(3)9-15)32-28-17-10-14(4)20(12-18(17)29-32)31-21(33)11-16-22(23(31)26)25(35)27-24(16)34/h7-12H,5-6,26H2,1-4H3,(H,27,34,35). The van der Waals surface area contributed by atoms with Gasteiger partial charge in [-0.25, -0.2) is 0 Å². The minimum atomic E-state index is -0.626. The Hall–Kier alpha value is -4.47. The van der Waals surface area contributed by atoms with E-state index in [1.54, 1.807) is 10.9 Å². The zero-order valence-electron chi connectivity index (χ0n) is 19.9. The Morgan fingerprint density at radius 1 is 0.886 bits per heavy atom. The first-order valence-electron chi connectivity index (χ1n) is 11.4. The van der Waals surface area contributed by atoms with Crippen LogP contribution in [0.4, 0.5) is 11.5 Å². The zero-order chi connectivity index (χ0) is 25.0. The number of hydrogen-bond acceptors (Lipinski definition) is 7. The highest BCUT2D eigenvalue weighted by Crippen LogP contribution is 2.27. The number of nitrogens with one attached hydrogen (secondary N) is 1. The van der Waals surface area contributed by atoms with E-state index in [1.165, 1.54) is 4.57 Å². The van der Waals surface area contributed by atoms with Crippen molar-refractivity contribution in [1.29, 1.82) is 0 Å². The summed E-state index contributed by atoms with van der Waals surface area (Å²) in [6.07, 6.45) is 0. The maximum Gasteiger partial charge on any atom is 0.262 e. The molecule has 0 radical (unpaired) electrons. The van der Waals surface area contributed by atoms with Crippen molar-refractivity contribution in [3.63, 3.8) is 0 Å². The van der Waals surface area contributed by atoms with Gasteiger partial charge in [-0.05, 0) is 69.2 Å². The lowest BCUT2D eigenvalue weighted by molar-refractivity contribution is 0.0880. The summed E-state index contributed by atoms with van der Waals surface area (Å²) in [6, 6.07) is 10.8. The fraction of sp³-hybridized carbons (Fsp3) is 0.240. The molecule has 0 saturated carbocycles. The summed E-state index contributed by atoms with van der Waals surface area (Å²) < 4.78 is 1.23. The summed E-state index contributed by atoms with van der Waals surface area (Å²) in [5, 5.41) is 11.5. The number of aromatic nitrogens is 4. The monoisotopic (exact) mass is 471 g/mol. The minimum absolute atomic E-state index is 0.00154. The molecular weight excluding hydrogens is 446 g/mol. The smallest absolute Gasteiger partial charge is 0.262 e. The second kappa shape index (κ2) is 8.08. The quantitative estimate of drug-likeness (QED) is 0.428. The number of imide groups is 1. The maximum absolute atomic E-state index is 12.9. The number of nitrogen functional groups attached to an aromatic ring is 1. The van der Waals surface area contributed by atoms with Crippen molar-refractivity contribution in [2.24, 2.45) is 0 Å². The molecule has 0 aliphatic carbocycles. The third kappa shape index (κ3) is 3.45. The Kier molecular flexibility index (Phi) is 5.16. The summed E-state index contributed by atoms with van der Waals surface area (Å²) in [5.74, 6) is -1.34. The first-order chi connectivity index (χ1) is 16.7. The van der Waals surface area contributed by atoms with Gasteiger partial charge < -0.3 is 10.6 Å². The van der Waals surface area contributed by atoms with E-state index in [0.29, 0.717) is 16.7 Å². The molecule has 0 spiro atoms. The van der Waals surface area contributed by atoms with Crippen LogP contribution in [0.5, 0.6) is 0 Å². The van der Waals surface area contributed by atoms with Crippen LogP contribution in [0, 0.1) is 13.8 Å². The molecule has 178 valence electrons. The lowest BCUT2D eigenvalue weighted by Gasteiger charge is -2.22. The van der Waals surface area contributed by atoms with Crippen molar-refractivity contribution in [2.75, 3.05) is 23.7 Å². The van der Waals surface area contributed by atoms with Crippen LogP contribution in [-0.4, -0.2) is 44.5 Å². The van der Waals surface area contributed by atoms with E-state index in [1.807, 2.05) is 26.0 Å². The molecule has 0 saturated heterocycles. The predicted octanol–water partition coefficient (Wildman–Crippen LogP) is 2.50. The molecule has 0 fully saturated rings. The Balaban J connectivity index is 1.62. The van der Waals surface area contributed by atoms with Gasteiger partial charge in [0.05, 0.1) is 22.5 Å². The molecule has 0 atom stereocenters. The molecule has 0 bridgehead atoms. The zero-order valence-corrected chi connectivity index (χ0v) is 19.9. The summed E-state index contributed by atoms with van der Waals surface area (Å²) in [4.78, 5) is 40.9. The molecule has 1 aliphatic heterocycles. The van der Waals surface area contributed by atoms with E-state index in [4.69, 9.17) is 5.73 Å². The third-order valence-electron chi connectivity index (χ3n) is 6.42. The molecule has 2 aromatic heterocycles. The van der Waals surface area contributed by atoms with Gasteiger partial charge in [0.2, 0.25) is 0 Å². The van der Waals surface area contributed by atoms with Crippen LogP contribution >= 0.6 is 0 Å². The number of aryl methyl sites for hydroxylation is 2. The van der Waals surface area contributed by atoms with Gasteiger partial charge in [-0.2, -0.15) is 4.80 Å². The molecule has 10 nitrogen and oxygen atoms in total. The molecule has 35 heavy (non-hydrogen) atoms. The number of amides is 2. The van der Waals surface area contributed by atoms with Gasteiger partial charge in [0.25, 0.3) is 17.4 Å². The molecule has 1 aliphatic rings. The fourth-order valence-corrected chi connectivity index (χ4v) is 4.58. The Labute approximate surface area is 201 Å². The average molecular weight is 472 g/mol. The average Bonchev–Trinajstić information content (AvgIpc) is 3.34. The second-order valence-electron chi connectivity index (χ2n) is 8.54. The predicted molar refractivity (Wildman–Crippen MR) is 134 cm³/mol. The van der Waals surface area contributed by atoms with Crippen molar-refractivity contribution >= 4 is 34.4 Å². The van der Waals surface area contributed by atoms with Crippen molar-refractivity contribution < 1.29 is 9.59 Å². The van der Waals surface area contributed by atoms with Crippen molar-refractivity contribution in [3.05, 3.63) is 69.0 Å². The van der Waals surface area contributed by atoms with Gasteiger partial charge in [0.15, 0.2) is 0 Å². The van der Waals surface area contributed by atoms with Crippen molar-refractivity contribution in [2.45, 2.75) is 27.7 Å². The van der Waals surface area contributed by atoms with Gasteiger partial charge in [0, 0.05) is 24.8 Å². The Morgan fingerprint density at radius 3 is 2.20 bits per heavy atom. The van der Waals surface area contributed by atoms with Crippen LogP contribution < -0.4 is 21.5 Å². The van der Waals surface area contributed by atoms with Crippen LogP contribution in [-0.2, 0) is 0 Å². The highest BCUT2D eigenvalue weighted by atomic mass is 16.2. The first-order valence-corrected chi connectivity index (χ1v) is 11.4. The lowest BCUT2D eigenvalue weighted by Crippen LogP contribution is -2.24. The number of fused-ring (bicyclic) bond motifs is 2. The summed E-state index contributed by atoms with van der Waals surface area (Å²) >= 11 is 0. The number of pyridine rings is 1. The van der Waals surface area contributed by atoms with E-state index >= 15 is 0 Å². The number of carbonyl (C=O) groups excluding carboxylic acids is 2. The topological polar surface area (TPSA) is 128 Å². The summed E-state index contributed by atoms with van der Waals surface area (Å²) in [6.45, 7) is 9.92. The maximum atomic E-state index is 12.9. The number of nitrogens with two attached hydrogens (primary N) is 1. The SMILES string of the molecule is CCN(CC)c1ccc(-n2nc3cc(C)c(-n4c(N)c5c(cc4=O)C(=O)NC5=O)cc3n2)c(C)c1. The van der Waals surface area contributed by atoms with Crippen LogP contribution in [0.15, 0.2) is 41.2 Å². The summed E-state index contributed by atoms with van der Waals surface area (Å²) in [7, 11) is 0. The number of carbonyl (C=O) groups is 2. The highest BCUT2D eigenvalue weighted by molar-refractivity contribution is 6.23. The van der Waals surface area contributed by atoms with Crippen LogP contribution in [0.3, 0.4) is 0 Å². The largest absolute Gasteiger partial charge is 0.384 e. The molecule has 2 amide bonds. The molecule has 3 N–H and O–H groups in total. The third-order valence-corrected chi connectivity index (χ3v) is 6.42. The molecule has 4 aromatic rings. The summed E-state index contributed by atoms with van der Waals surface area (Å²) in [5.41, 5.74) is 11.1. The minimum Gasteiger partial charge on any atom is -0.384 e. The van der Waals surface area contributed by atoms with Gasteiger partial charge in [-0.1, -0.05) is 0 Å². The molecule has 5 rings (SSSR count). The Morgan fingerprint density at radius 2 is 1.54 bits per heavy atom. The van der Waals surface area contributed by atoms with Crippen molar-refractivity contribution in [1.82, 2.24) is 24.9 Å². The highest BCUT2D eigenvalue weighted by Gasteiger charge is 2.32. The number of anilines is 2. The number of nitrogens with zero attached hydrogens (tertiary/aromatic N) is 5. The second-order valence-corrected chi connectivity index (χ2v) is 8.54. The lowest BCUT2D eigenvalue weighted by atomic mass is 10.1. The number of hydrogen-bond donors (Lipinski definition) is 2. The van der Waals surface area contributed by atoms with Crippen LogP contribution in [0.1, 0.15) is 45.7 Å². The number of benzene rings is 2. The fourth-order valence-electron chi connectivity index (χ4n) is 4.58. The van der Waals surface area contributed by atoms with Crippen LogP contribution in [0.2, 0.25) is 0 Å². The molecule has 2 aromatic carbocycles. The molecule has 10 heteroatoms. The molecular formula is C25H25N7O3. The number of rotatable bonds is 5. The van der Waals surface area contributed by atoms with Crippen molar-refractivity contribution in [3.8, 4) is 11.4 Å². The van der Waals surface area contributed by atoms with Gasteiger partial charge >= 0.3 is 0 Å².